The number of hydrogen-bond acceptors (Lipinski definition) is 4. The first-order valence-electron chi connectivity index (χ1n) is 10.9. The molecule has 1 heterocycles. The number of alkyl halides is 3. The van der Waals surface area contributed by atoms with Crippen molar-refractivity contribution in [3.8, 4) is 0 Å². The molecule has 174 valence electrons. The maximum absolute atomic E-state index is 14.4. The number of esters is 1. The maximum Gasteiger partial charge on any atom is 0.390 e. The first-order valence-corrected chi connectivity index (χ1v) is 10.9. The molecule has 0 saturated heterocycles. The molecular weight excluding hydrogens is 424 g/mol. The molecule has 2 aromatic rings. The second-order valence-electron chi connectivity index (χ2n) is 7.88. The van der Waals surface area contributed by atoms with Crippen molar-refractivity contribution in [3.63, 3.8) is 0 Å². The number of carbonyl (C=O) groups excluding carboxylic acids is 1. The van der Waals surface area contributed by atoms with Gasteiger partial charge < -0.3 is 15.0 Å². The van der Waals surface area contributed by atoms with Gasteiger partial charge in [-0.25, -0.2) is 4.39 Å². The van der Waals surface area contributed by atoms with E-state index in [1.807, 2.05) is 18.2 Å². The minimum atomic E-state index is -4.18. The van der Waals surface area contributed by atoms with E-state index in [0.29, 0.717) is 30.9 Å². The van der Waals surface area contributed by atoms with Gasteiger partial charge in [-0.15, -0.1) is 0 Å². The van der Waals surface area contributed by atoms with E-state index >= 15 is 0 Å². The molecule has 32 heavy (non-hydrogen) atoms. The third kappa shape index (κ3) is 6.87. The number of nitrogens with one attached hydrogen (secondary N) is 1. The minimum absolute atomic E-state index is 0.0497. The van der Waals surface area contributed by atoms with Crippen LogP contribution in [-0.2, 0) is 28.9 Å². The van der Waals surface area contributed by atoms with Crippen molar-refractivity contribution in [2.45, 2.75) is 51.7 Å². The van der Waals surface area contributed by atoms with Crippen LogP contribution < -0.4 is 10.2 Å². The Bertz CT molecular complexity index is 931. The van der Waals surface area contributed by atoms with E-state index in [4.69, 9.17) is 4.74 Å². The van der Waals surface area contributed by atoms with Crippen molar-refractivity contribution < 1.29 is 27.1 Å². The monoisotopic (exact) mass is 452 g/mol. The Morgan fingerprint density at radius 3 is 2.72 bits per heavy atom. The van der Waals surface area contributed by atoms with E-state index < -0.39 is 18.4 Å². The number of anilines is 2. The van der Waals surface area contributed by atoms with Crippen LogP contribution in [0.2, 0.25) is 0 Å². The number of rotatable bonds is 9. The molecule has 1 aliphatic rings. The van der Waals surface area contributed by atoms with Crippen LogP contribution in [0, 0.1) is 5.82 Å². The number of nitrogens with zero attached hydrogens (tertiary/aromatic N) is 1. The van der Waals surface area contributed by atoms with E-state index in [2.05, 4.69) is 5.32 Å². The summed E-state index contributed by atoms with van der Waals surface area (Å²) < 4.78 is 57.2. The number of aryl methyl sites for hydroxylation is 2. The first kappa shape index (κ1) is 23.9. The summed E-state index contributed by atoms with van der Waals surface area (Å²) in [6.45, 7) is 3.00. The molecule has 0 atom stereocenters. The van der Waals surface area contributed by atoms with Gasteiger partial charge in [-0.3, -0.25) is 4.79 Å². The predicted octanol–water partition coefficient (Wildman–Crippen LogP) is 5.64. The lowest BCUT2D eigenvalue weighted by atomic mass is 9.99. The summed E-state index contributed by atoms with van der Waals surface area (Å²) in [5.74, 6) is -0.756. The zero-order chi connectivity index (χ0) is 23.1. The van der Waals surface area contributed by atoms with E-state index in [1.165, 1.54) is 6.07 Å². The molecule has 1 aliphatic heterocycles. The fraction of sp³-hybridized carbons (Fsp3) is 0.458. The minimum Gasteiger partial charge on any atom is -0.466 e. The highest BCUT2D eigenvalue weighted by molar-refractivity contribution is 5.69. The fourth-order valence-corrected chi connectivity index (χ4v) is 3.83. The van der Waals surface area contributed by atoms with Gasteiger partial charge in [-0.1, -0.05) is 18.2 Å². The van der Waals surface area contributed by atoms with Gasteiger partial charge in [0.25, 0.3) is 0 Å². The third-order valence-corrected chi connectivity index (χ3v) is 5.48. The largest absolute Gasteiger partial charge is 0.466 e. The Morgan fingerprint density at radius 2 is 2.00 bits per heavy atom. The molecular formula is C24H28F4N2O2. The van der Waals surface area contributed by atoms with E-state index in [-0.39, 0.29) is 25.4 Å². The van der Waals surface area contributed by atoms with Crippen molar-refractivity contribution in [3.05, 3.63) is 58.9 Å². The van der Waals surface area contributed by atoms with Crippen LogP contribution in [0.4, 0.5) is 28.9 Å². The van der Waals surface area contributed by atoms with Crippen LogP contribution in [0.3, 0.4) is 0 Å². The van der Waals surface area contributed by atoms with Crippen LogP contribution >= 0.6 is 0 Å². The SMILES string of the molecule is CCOC(=O)CCc1ccc(NCc2ccc3c(c2)N(CCC(F)(F)F)CCC3)cc1F. The van der Waals surface area contributed by atoms with Crippen molar-refractivity contribution in [2.75, 3.05) is 29.9 Å². The van der Waals surface area contributed by atoms with Crippen LogP contribution in [-0.4, -0.2) is 31.8 Å². The summed E-state index contributed by atoms with van der Waals surface area (Å²) in [6, 6.07) is 10.6. The molecule has 2 aromatic carbocycles. The molecule has 0 amide bonds. The summed E-state index contributed by atoms with van der Waals surface area (Å²) in [6.07, 6.45) is -2.94. The Hall–Kier alpha value is -2.77. The standard InChI is InChI=1S/C24H28F4N2O2/c1-2-32-23(31)10-8-18-7-9-20(15-21(18)25)29-16-17-5-6-19-4-3-12-30(22(19)14-17)13-11-24(26,27)28/h5-7,9,14-15,29H,2-4,8,10-13,16H2,1H3. The predicted molar refractivity (Wildman–Crippen MR) is 116 cm³/mol. The van der Waals surface area contributed by atoms with Crippen LogP contribution in [0.5, 0.6) is 0 Å². The van der Waals surface area contributed by atoms with Gasteiger partial charge in [-0.2, -0.15) is 13.2 Å². The quantitative estimate of drug-likeness (QED) is 0.395. The zero-order valence-electron chi connectivity index (χ0n) is 18.1. The molecule has 0 unspecified atom stereocenters. The van der Waals surface area contributed by atoms with Crippen molar-refractivity contribution in [1.29, 1.82) is 0 Å². The molecule has 0 bridgehead atoms. The number of hydrogen-bond donors (Lipinski definition) is 1. The molecule has 0 saturated carbocycles. The van der Waals surface area contributed by atoms with Crippen LogP contribution in [0.1, 0.15) is 42.9 Å². The van der Waals surface area contributed by atoms with E-state index in [1.54, 1.807) is 24.0 Å². The normalized spacial score (nSPS) is 13.6. The smallest absolute Gasteiger partial charge is 0.390 e. The van der Waals surface area contributed by atoms with Crippen molar-refractivity contribution in [2.24, 2.45) is 0 Å². The molecule has 4 nitrogen and oxygen atoms in total. The Balaban J connectivity index is 1.61. The highest BCUT2D eigenvalue weighted by Gasteiger charge is 2.29. The highest BCUT2D eigenvalue weighted by Crippen LogP contribution is 2.30. The molecule has 8 heteroatoms. The number of fused-ring (bicyclic) bond motifs is 1. The van der Waals surface area contributed by atoms with Crippen LogP contribution in [0.25, 0.3) is 0 Å². The van der Waals surface area contributed by atoms with E-state index in [9.17, 15) is 22.4 Å². The molecule has 0 radical (unpaired) electrons. The molecule has 3 rings (SSSR count). The Kier molecular flexibility index (Phi) is 7.99. The Labute approximate surface area is 185 Å². The summed E-state index contributed by atoms with van der Waals surface area (Å²) in [7, 11) is 0. The van der Waals surface area contributed by atoms with Gasteiger partial charge in [0.05, 0.1) is 13.0 Å². The second-order valence-corrected chi connectivity index (χ2v) is 7.88. The lowest BCUT2D eigenvalue weighted by molar-refractivity contribution is -0.143. The number of halogens is 4. The number of carbonyl (C=O) groups is 1. The summed E-state index contributed by atoms with van der Waals surface area (Å²) in [5.41, 5.74) is 3.85. The van der Waals surface area contributed by atoms with Crippen molar-refractivity contribution in [1.82, 2.24) is 0 Å². The summed E-state index contributed by atoms with van der Waals surface area (Å²) in [4.78, 5) is 13.3. The summed E-state index contributed by atoms with van der Waals surface area (Å²) in [5, 5.41) is 3.16. The third-order valence-electron chi connectivity index (χ3n) is 5.48. The van der Waals surface area contributed by atoms with Gasteiger partial charge in [0.1, 0.15) is 5.82 Å². The average molecular weight is 452 g/mol. The molecule has 0 fully saturated rings. The van der Waals surface area contributed by atoms with Gasteiger partial charge in [0.15, 0.2) is 0 Å². The first-order chi connectivity index (χ1) is 15.2. The lowest BCUT2D eigenvalue weighted by Crippen LogP contribution is -2.32. The van der Waals surface area contributed by atoms with E-state index in [0.717, 1.165) is 29.7 Å². The Morgan fingerprint density at radius 1 is 1.19 bits per heavy atom. The summed E-state index contributed by atoms with van der Waals surface area (Å²) >= 11 is 0. The zero-order valence-corrected chi connectivity index (χ0v) is 18.1. The molecule has 0 aliphatic carbocycles. The fourth-order valence-electron chi connectivity index (χ4n) is 3.83. The molecule has 1 N–H and O–H groups in total. The molecule has 0 aromatic heterocycles. The van der Waals surface area contributed by atoms with Crippen molar-refractivity contribution >= 4 is 17.3 Å². The van der Waals surface area contributed by atoms with Gasteiger partial charge in [-0.05, 0) is 61.1 Å². The maximum atomic E-state index is 14.4. The van der Waals surface area contributed by atoms with Gasteiger partial charge in [0, 0.05) is 37.4 Å². The van der Waals surface area contributed by atoms with Gasteiger partial charge in [0.2, 0.25) is 0 Å². The topological polar surface area (TPSA) is 41.6 Å². The number of benzene rings is 2. The number of ether oxygens (including phenoxy) is 1. The lowest BCUT2D eigenvalue weighted by Gasteiger charge is -2.32. The second kappa shape index (κ2) is 10.7. The van der Waals surface area contributed by atoms with Gasteiger partial charge >= 0.3 is 12.1 Å². The molecule has 0 spiro atoms. The van der Waals surface area contributed by atoms with Crippen LogP contribution in [0.15, 0.2) is 36.4 Å². The highest BCUT2D eigenvalue weighted by atomic mass is 19.4. The average Bonchev–Trinajstić information content (AvgIpc) is 2.75.